The minimum absolute atomic E-state index is 0.0176. The number of rotatable bonds is 3. The fourth-order valence-electron chi connectivity index (χ4n) is 2.36. The van der Waals surface area contributed by atoms with Gasteiger partial charge in [-0.2, -0.15) is 0 Å². The average Bonchev–Trinajstić information content (AvgIpc) is 2.31. The number of hydrogen-bond acceptors (Lipinski definition) is 2. The van der Waals surface area contributed by atoms with Crippen LogP contribution >= 0.6 is 31.9 Å². The molecule has 1 aliphatic heterocycles. The van der Waals surface area contributed by atoms with Gasteiger partial charge in [-0.1, -0.05) is 50.4 Å². The number of halogens is 2. The molecule has 0 spiro atoms. The van der Waals surface area contributed by atoms with E-state index in [-0.39, 0.29) is 10.1 Å². The smallest absolute Gasteiger partial charge is 0.154 e. The Morgan fingerprint density at radius 1 is 1.22 bits per heavy atom. The molecule has 1 aliphatic rings. The van der Waals surface area contributed by atoms with Gasteiger partial charge in [-0.3, -0.25) is 0 Å². The van der Waals surface area contributed by atoms with Crippen molar-refractivity contribution in [1.82, 2.24) is 0 Å². The van der Waals surface area contributed by atoms with Crippen molar-refractivity contribution < 1.29 is 8.42 Å². The molecule has 1 saturated heterocycles. The van der Waals surface area contributed by atoms with E-state index in [2.05, 4.69) is 31.9 Å². The van der Waals surface area contributed by atoms with E-state index in [0.29, 0.717) is 5.75 Å². The maximum atomic E-state index is 12.0. The van der Waals surface area contributed by atoms with E-state index in [9.17, 15) is 8.42 Å². The highest BCUT2D eigenvalue weighted by molar-refractivity contribution is 9.10. The zero-order valence-corrected chi connectivity index (χ0v) is 14.0. The molecule has 2 atom stereocenters. The Labute approximate surface area is 125 Å². The van der Waals surface area contributed by atoms with Crippen molar-refractivity contribution in [3.8, 4) is 0 Å². The molecule has 0 bridgehead atoms. The van der Waals surface area contributed by atoms with E-state index in [1.807, 2.05) is 24.3 Å². The van der Waals surface area contributed by atoms with Crippen LogP contribution in [0.2, 0.25) is 0 Å². The first-order valence-electron chi connectivity index (χ1n) is 6.09. The summed E-state index contributed by atoms with van der Waals surface area (Å²) in [5.41, 5.74) is 1.17. The molecule has 1 fully saturated rings. The minimum Gasteiger partial charge on any atom is -0.229 e. The predicted molar refractivity (Wildman–Crippen MR) is 82.0 cm³/mol. The molecule has 2 rings (SSSR count). The molecule has 0 N–H and O–H groups in total. The van der Waals surface area contributed by atoms with Crippen molar-refractivity contribution in [2.45, 2.75) is 35.8 Å². The second kappa shape index (κ2) is 6.06. The largest absolute Gasteiger partial charge is 0.229 e. The summed E-state index contributed by atoms with van der Waals surface area (Å²) in [5, 5.41) is -0.227. The minimum atomic E-state index is -2.91. The standard InChI is InChI=1S/C13H16Br2O2S/c14-11-6-4-10(5-7-11)9-12(15)13-3-1-2-8-18(13,16)17/h4-7,12-13H,1-3,8-9H2. The molecule has 0 radical (unpaired) electrons. The Morgan fingerprint density at radius 3 is 2.50 bits per heavy atom. The van der Waals surface area contributed by atoms with Gasteiger partial charge in [0, 0.05) is 9.30 Å². The highest BCUT2D eigenvalue weighted by Gasteiger charge is 2.34. The molecule has 2 nitrogen and oxygen atoms in total. The molecule has 0 aromatic heterocycles. The first-order valence-corrected chi connectivity index (χ1v) is 9.51. The fourth-order valence-corrected chi connectivity index (χ4v) is 6.23. The summed E-state index contributed by atoms with van der Waals surface area (Å²) in [4.78, 5) is 0.0176. The van der Waals surface area contributed by atoms with Gasteiger partial charge < -0.3 is 0 Å². The quantitative estimate of drug-likeness (QED) is 0.730. The zero-order valence-electron chi connectivity index (χ0n) is 9.98. The van der Waals surface area contributed by atoms with Gasteiger partial charge in [0.05, 0.1) is 11.0 Å². The molecular weight excluding hydrogens is 380 g/mol. The van der Waals surface area contributed by atoms with Crippen molar-refractivity contribution in [3.63, 3.8) is 0 Å². The fraction of sp³-hybridized carbons (Fsp3) is 0.538. The van der Waals surface area contributed by atoms with Crippen molar-refractivity contribution in [2.75, 3.05) is 5.75 Å². The monoisotopic (exact) mass is 394 g/mol. The van der Waals surface area contributed by atoms with Crippen LogP contribution < -0.4 is 0 Å². The highest BCUT2D eigenvalue weighted by Crippen LogP contribution is 2.28. The molecule has 100 valence electrons. The summed E-state index contributed by atoms with van der Waals surface area (Å²) in [6, 6.07) is 8.05. The third-order valence-corrected chi connectivity index (χ3v) is 7.56. The van der Waals surface area contributed by atoms with E-state index < -0.39 is 9.84 Å². The lowest BCUT2D eigenvalue weighted by Gasteiger charge is -2.26. The number of benzene rings is 1. The topological polar surface area (TPSA) is 34.1 Å². The molecule has 1 heterocycles. The average molecular weight is 396 g/mol. The van der Waals surface area contributed by atoms with Crippen LogP contribution in [0.1, 0.15) is 24.8 Å². The van der Waals surface area contributed by atoms with Crippen LogP contribution in [-0.2, 0) is 16.3 Å². The molecular formula is C13H16Br2O2S. The third-order valence-electron chi connectivity index (χ3n) is 3.38. The number of sulfone groups is 1. The summed E-state index contributed by atoms with van der Waals surface area (Å²) in [6.45, 7) is 0. The molecule has 2 unspecified atom stereocenters. The SMILES string of the molecule is O=S1(=O)CCCCC1C(Br)Cc1ccc(Br)cc1. The van der Waals surface area contributed by atoms with E-state index in [0.717, 1.165) is 30.2 Å². The maximum Gasteiger partial charge on any atom is 0.154 e. The lowest BCUT2D eigenvalue weighted by molar-refractivity contribution is 0.533. The third kappa shape index (κ3) is 3.58. The summed E-state index contributed by atoms with van der Waals surface area (Å²) in [5.74, 6) is 0.347. The maximum absolute atomic E-state index is 12.0. The lowest BCUT2D eigenvalue weighted by atomic mass is 10.0. The van der Waals surface area contributed by atoms with Gasteiger partial charge in [0.2, 0.25) is 0 Å². The molecule has 0 saturated carbocycles. The van der Waals surface area contributed by atoms with Crippen molar-refractivity contribution >= 4 is 41.7 Å². The summed E-state index contributed by atoms with van der Waals surface area (Å²) in [6.07, 6.45) is 3.38. The second-order valence-corrected chi connectivity index (χ2v) is 9.18. The lowest BCUT2D eigenvalue weighted by Crippen LogP contribution is -2.36. The molecule has 18 heavy (non-hydrogen) atoms. The predicted octanol–water partition coefficient (Wildman–Crippen LogP) is 3.72. The van der Waals surface area contributed by atoms with Gasteiger partial charge in [0.15, 0.2) is 9.84 Å². The van der Waals surface area contributed by atoms with Crippen LogP contribution in [-0.4, -0.2) is 24.2 Å². The van der Waals surface area contributed by atoms with Crippen molar-refractivity contribution in [3.05, 3.63) is 34.3 Å². The van der Waals surface area contributed by atoms with Gasteiger partial charge in [-0.25, -0.2) is 8.42 Å². The Kier molecular flexibility index (Phi) is 4.89. The van der Waals surface area contributed by atoms with E-state index in [1.54, 1.807) is 0 Å². The molecule has 1 aromatic carbocycles. The number of hydrogen-bond donors (Lipinski definition) is 0. The Balaban J connectivity index is 2.07. The van der Waals surface area contributed by atoms with Gasteiger partial charge in [-0.15, -0.1) is 0 Å². The van der Waals surface area contributed by atoms with Crippen molar-refractivity contribution in [2.24, 2.45) is 0 Å². The Morgan fingerprint density at radius 2 is 1.89 bits per heavy atom. The first-order chi connectivity index (χ1) is 8.49. The Bertz CT molecular complexity index is 496. The van der Waals surface area contributed by atoms with Crippen LogP contribution in [0.3, 0.4) is 0 Å². The zero-order chi connectivity index (χ0) is 13.2. The van der Waals surface area contributed by atoms with Gasteiger partial charge in [0.1, 0.15) is 0 Å². The van der Waals surface area contributed by atoms with E-state index in [4.69, 9.17) is 0 Å². The van der Waals surface area contributed by atoms with Gasteiger partial charge in [-0.05, 0) is 37.0 Å². The summed E-state index contributed by atoms with van der Waals surface area (Å²) >= 11 is 6.98. The van der Waals surface area contributed by atoms with E-state index in [1.165, 1.54) is 5.56 Å². The first kappa shape index (κ1) is 14.5. The van der Waals surface area contributed by atoms with Crippen molar-refractivity contribution in [1.29, 1.82) is 0 Å². The summed E-state index contributed by atoms with van der Waals surface area (Å²) < 4.78 is 25.1. The second-order valence-electron chi connectivity index (χ2n) is 4.75. The highest BCUT2D eigenvalue weighted by atomic mass is 79.9. The van der Waals surface area contributed by atoms with Gasteiger partial charge in [0.25, 0.3) is 0 Å². The van der Waals surface area contributed by atoms with Crippen LogP contribution in [0.25, 0.3) is 0 Å². The molecule has 0 aliphatic carbocycles. The normalized spacial score (nSPS) is 24.7. The molecule has 0 amide bonds. The Hall–Kier alpha value is 0.130. The van der Waals surface area contributed by atoms with E-state index >= 15 is 0 Å². The molecule has 1 aromatic rings. The summed E-state index contributed by atoms with van der Waals surface area (Å²) in [7, 11) is -2.91. The van der Waals surface area contributed by atoms with Gasteiger partial charge >= 0.3 is 0 Å². The van der Waals surface area contributed by atoms with Crippen LogP contribution in [0.15, 0.2) is 28.7 Å². The van der Waals surface area contributed by atoms with Crippen LogP contribution in [0.4, 0.5) is 0 Å². The molecule has 5 heteroatoms. The van der Waals surface area contributed by atoms with Crippen LogP contribution in [0, 0.1) is 0 Å². The number of alkyl halides is 1. The van der Waals surface area contributed by atoms with Crippen LogP contribution in [0.5, 0.6) is 0 Å².